The molecule has 7 heteroatoms. The van der Waals surface area contributed by atoms with E-state index in [0.717, 1.165) is 16.6 Å². The summed E-state index contributed by atoms with van der Waals surface area (Å²) in [4.78, 5) is 19.9. The molecule has 0 aliphatic heterocycles. The average molecular weight is 382 g/mol. The number of para-hydroxylation sites is 2. The summed E-state index contributed by atoms with van der Waals surface area (Å²) in [7, 11) is 0. The molecule has 0 fully saturated rings. The third-order valence-corrected chi connectivity index (χ3v) is 4.51. The first-order chi connectivity index (χ1) is 13.1. The Morgan fingerprint density at radius 2 is 1.93 bits per heavy atom. The van der Waals surface area contributed by atoms with Crippen molar-refractivity contribution < 1.29 is 14.3 Å². The van der Waals surface area contributed by atoms with E-state index >= 15 is 0 Å². The van der Waals surface area contributed by atoms with Gasteiger partial charge < -0.3 is 9.52 Å². The summed E-state index contributed by atoms with van der Waals surface area (Å²) in [5.74, 6) is -0.185. The number of aliphatic carboxylic acids is 1. The van der Waals surface area contributed by atoms with E-state index in [9.17, 15) is 4.79 Å². The van der Waals surface area contributed by atoms with Gasteiger partial charge in [-0.25, -0.2) is 4.98 Å². The molecule has 0 saturated carbocycles. The number of carboxylic acids is 1. The van der Waals surface area contributed by atoms with Crippen LogP contribution in [0, 0.1) is 0 Å². The summed E-state index contributed by atoms with van der Waals surface area (Å²) in [6, 6.07) is 15.4. The van der Waals surface area contributed by atoms with Gasteiger partial charge in [-0.1, -0.05) is 35.9 Å². The fourth-order valence-electron chi connectivity index (χ4n) is 2.96. The van der Waals surface area contributed by atoms with Crippen molar-refractivity contribution in [3.63, 3.8) is 0 Å². The van der Waals surface area contributed by atoms with Crippen LogP contribution in [-0.2, 0) is 11.2 Å². The zero-order valence-corrected chi connectivity index (χ0v) is 15.1. The number of oxazole rings is 1. The van der Waals surface area contributed by atoms with E-state index in [1.807, 2.05) is 36.4 Å². The smallest absolute Gasteiger partial charge is 0.308 e. The van der Waals surface area contributed by atoms with Gasteiger partial charge >= 0.3 is 12.0 Å². The van der Waals surface area contributed by atoms with E-state index in [-0.39, 0.29) is 6.42 Å². The Morgan fingerprint density at radius 1 is 1.15 bits per heavy atom. The molecule has 0 radical (unpaired) electrons. The van der Waals surface area contributed by atoms with Crippen molar-refractivity contribution in [1.29, 1.82) is 0 Å². The Hall–Kier alpha value is -3.12. The minimum Gasteiger partial charge on any atom is -0.481 e. The van der Waals surface area contributed by atoms with Crippen molar-refractivity contribution in [1.82, 2.24) is 14.5 Å². The van der Waals surface area contributed by atoms with Crippen LogP contribution in [0.15, 0.2) is 59.3 Å². The summed E-state index contributed by atoms with van der Waals surface area (Å²) < 4.78 is 7.81. The summed E-state index contributed by atoms with van der Waals surface area (Å²) in [5, 5.41) is 9.54. The molecule has 6 nitrogen and oxygen atoms in total. The number of imidazole rings is 1. The Labute approximate surface area is 160 Å². The number of rotatable bonds is 6. The Morgan fingerprint density at radius 3 is 2.70 bits per heavy atom. The van der Waals surface area contributed by atoms with Gasteiger partial charge in [0.25, 0.3) is 0 Å². The van der Waals surface area contributed by atoms with E-state index in [0.29, 0.717) is 35.3 Å². The van der Waals surface area contributed by atoms with Crippen molar-refractivity contribution in [2.24, 2.45) is 0 Å². The van der Waals surface area contributed by atoms with Gasteiger partial charge in [-0.2, -0.15) is 4.98 Å². The molecule has 0 unspecified atom stereocenters. The molecule has 1 N–H and O–H groups in total. The number of hydrogen-bond acceptors (Lipinski definition) is 4. The fraction of sp³-hybridized carbons (Fsp3) is 0.150. The second kappa shape index (κ2) is 7.25. The number of carbonyl (C=O) groups is 1. The third-order valence-electron chi connectivity index (χ3n) is 4.26. The molecule has 0 aliphatic rings. The van der Waals surface area contributed by atoms with E-state index in [2.05, 4.69) is 9.97 Å². The van der Waals surface area contributed by atoms with Crippen LogP contribution < -0.4 is 0 Å². The van der Waals surface area contributed by atoms with Gasteiger partial charge in [-0.3, -0.25) is 9.36 Å². The summed E-state index contributed by atoms with van der Waals surface area (Å²) in [6.07, 6.45) is 2.69. The minimum absolute atomic E-state index is 0.0735. The van der Waals surface area contributed by atoms with E-state index < -0.39 is 5.97 Å². The molecule has 0 aliphatic carbocycles. The minimum atomic E-state index is -0.830. The zero-order valence-electron chi connectivity index (χ0n) is 14.3. The molecule has 0 spiro atoms. The lowest BCUT2D eigenvalue weighted by Gasteiger charge is -2.00. The molecule has 2 aromatic carbocycles. The first kappa shape index (κ1) is 17.3. The monoisotopic (exact) mass is 381 g/mol. The maximum atomic E-state index is 10.8. The van der Waals surface area contributed by atoms with Gasteiger partial charge in [0.1, 0.15) is 17.8 Å². The highest BCUT2D eigenvalue weighted by Crippen LogP contribution is 2.29. The van der Waals surface area contributed by atoms with Crippen LogP contribution in [0.3, 0.4) is 0 Å². The van der Waals surface area contributed by atoms with Gasteiger partial charge in [0, 0.05) is 23.4 Å². The van der Waals surface area contributed by atoms with Crippen LogP contribution in [0.2, 0.25) is 5.02 Å². The van der Waals surface area contributed by atoms with Gasteiger partial charge in [0.2, 0.25) is 0 Å². The standard InChI is InChI=1S/C20H16ClN3O3/c21-14-10-8-13(9-11-14)19-17(6-3-7-18(25)26)27-20(23-19)24-12-22-15-4-1-2-5-16(15)24/h1-2,4-5,8-12H,3,6-7H2,(H,25,26). The highest BCUT2D eigenvalue weighted by Gasteiger charge is 2.18. The SMILES string of the molecule is O=C(O)CCCc1oc(-n2cnc3ccccc32)nc1-c1ccc(Cl)cc1. The van der Waals surface area contributed by atoms with Crippen LogP contribution in [0.4, 0.5) is 0 Å². The molecule has 0 bridgehead atoms. The number of aromatic nitrogens is 3. The first-order valence-corrected chi connectivity index (χ1v) is 8.89. The van der Waals surface area contributed by atoms with Crippen molar-refractivity contribution in [2.45, 2.75) is 19.3 Å². The van der Waals surface area contributed by atoms with Crippen LogP contribution in [0.5, 0.6) is 0 Å². The van der Waals surface area contributed by atoms with Crippen molar-refractivity contribution in [3.05, 3.63) is 65.6 Å². The van der Waals surface area contributed by atoms with Crippen LogP contribution in [0.25, 0.3) is 28.3 Å². The molecule has 2 heterocycles. The Bertz CT molecular complexity index is 1100. The molecule has 2 aromatic heterocycles. The van der Waals surface area contributed by atoms with Gasteiger partial charge in [-0.15, -0.1) is 0 Å². The lowest BCUT2D eigenvalue weighted by atomic mass is 10.1. The summed E-state index contributed by atoms with van der Waals surface area (Å²) in [6.45, 7) is 0. The molecule has 4 rings (SSSR count). The number of benzene rings is 2. The van der Waals surface area contributed by atoms with Gasteiger partial charge in [0.15, 0.2) is 0 Å². The topological polar surface area (TPSA) is 81.1 Å². The predicted octanol–water partition coefficient (Wildman–Crippen LogP) is 4.74. The maximum absolute atomic E-state index is 10.8. The lowest BCUT2D eigenvalue weighted by molar-refractivity contribution is -0.137. The number of nitrogens with zero attached hydrogens (tertiary/aromatic N) is 3. The highest BCUT2D eigenvalue weighted by atomic mass is 35.5. The van der Waals surface area contributed by atoms with E-state index in [1.54, 1.807) is 23.0 Å². The third kappa shape index (κ3) is 3.57. The highest BCUT2D eigenvalue weighted by molar-refractivity contribution is 6.30. The Kier molecular flexibility index (Phi) is 4.64. The first-order valence-electron chi connectivity index (χ1n) is 8.52. The molecule has 136 valence electrons. The largest absolute Gasteiger partial charge is 0.481 e. The summed E-state index contributed by atoms with van der Waals surface area (Å²) >= 11 is 5.99. The van der Waals surface area contributed by atoms with Gasteiger partial charge in [0.05, 0.1) is 11.0 Å². The number of carboxylic acid groups (broad SMARTS) is 1. The molecule has 27 heavy (non-hydrogen) atoms. The second-order valence-electron chi connectivity index (χ2n) is 6.13. The van der Waals surface area contributed by atoms with Gasteiger partial charge in [-0.05, 0) is 30.7 Å². The molecular weight excluding hydrogens is 366 g/mol. The lowest BCUT2D eigenvalue weighted by Crippen LogP contribution is -1.96. The quantitative estimate of drug-likeness (QED) is 0.521. The van der Waals surface area contributed by atoms with Crippen molar-refractivity contribution in [2.75, 3.05) is 0 Å². The van der Waals surface area contributed by atoms with E-state index in [4.69, 9.17) is 21.1 Å². The normalized spacial score (nSPS) is 11.1. The average Bonchev–Trinajstić information content (AvgIpc) is 3.26. The van der Waals surface area contributed by atoms with Crippen LogP contribution in [0.1, 0.15) is 18.6 Å². The Balaban J connectivity index is 1.76. The molecule has 0 saturated heterocycles. The van der Waals surface area contributed by atoms with E-state index in [1.165, 1.54) is 0 Å². The molecule has 4 aromatic rings. The summed E-state index contributed by atoms with van der Waals surface area (Å²) in [5.41, 5.74) is 3.28. The van der Waals surface area contributed by atoms with Crippen LogP contribution >= 0.6 is 11.6 Å². The maximum Gasteiger partial charge on any atom is 0.308 e. The zero-order chi connectivity index (χ0) is 18.8. The molecule has 0 amide bonds. The molecular formula is C20H16ClN3O3. The number of aryl methyl sites for hydroxylation is 1. The van der Waals surface area contributed by atoms with Crippen LogP contribution in [-0.4, -0.2) is 25.6 Å². The van der Waals surface area contributed by atoms with Crippen molar-refractivity contribution in [3.8, 4) is 17.3 Å². The second-order valence-corrected chi connectivity index (χ2v) is 6.56. The number of fused-ring (bicyclic) bond motifs is 1. The molecule has 0 atom stereocenters. The predicted molar refractivity (Wildman–Crippen MR) is 102 cm³/mol. The number of halogens is 1. The number of hydrogen-bond donors (Lipinski definition) is 1. The van der Waals surface area contributed by atoms with Crippen molar-refractivity contribution >= 4 is 28.6 Å². The fourth-order valence-corrected chi connectivity index (χ4v) is 3.08.